The molecule has 5 heteroatoms. The summed E-state index contributed by atoms with van der Waals surface area (Å²) < 4.78 is 0. The van der Waals surface area contributed by atoms with Crippen molar-refractivity contribution in [3.8, 4) is 0 Å². The molecule has 0 aliphatic heterocycles. The van der Waals surface area contributed by atoms with Gasteiger partial charge in [0.1, 0.15) is 5.54 Å². The first kappa shape index (κ1) is 12.7. The summed E-state index contributed by atoms with van der Waals surface area (Å²) in [6.07, 6.45) is 4.85. The van der Waals surface area contributed by atoms with Crippen LogP contribution in [0.25, 0.3) is 0 Å². The molecule has 1 saturated carbocycles. The van der Waals surface area contributed by atoms with Gasteiger partial charge in [0.2, 0.25) is 5.91 Å². The zero-order valence-corrected chi connectivity index (χ0v) is 11.5. The maximum Gasteiger partial charge on any atom is 0.329 e. The minimum atomic E-state index is -0.995. The average molecular weight is 279 g/mol. The van der Waals surface area contributed by atoms with Crippen molar-refractivity contribution >= 4 is 23.2 Å². The number of hydrogen-bond donors (Lipinski definition) is 2. The second kappa shape index (κ2) is 4.63. The van der Waals surface area contributed by atoms with Gasteiger partial charge in [0.05, 0.1) is 5.92 Å². The molecule has 1 unspecified atom stereocenters. The van der Waals surface area contributed by atoms with Crippen molar-refractivity contribution in [1.82, 2.24) is 5.32 Å². The van der Waals surface area contributed by atoms with Gasteiger partial charge in [0, 0.05) is 4.88 Å². The maximum absolute atomic E-state index is 12.4. The number of rotatable bonds is 3. The van der Waals surface area contributed by atoms with Crippen LogP contribution in [-0.4, -0.2) is 22.5 Å². The third-order valence-corrected chi connectivity index (χ3v) is 5.34. The van der Waals surface area contributed by atoms with Crippen LogP contribution in [0.2, 0.25) is 0 Å². The molecule has 1 fully saturated rings. The van der Waals surface area contributed by atoms with E-state index in [0.29, 0.717) is 12.8 Å². The van der Waals surface area contributed by atoms with Crippen LogP contribution >= 0.6 is 11.3 Å². The highest BCUT2D eigenvalue weighted by Crippen LogP contribution is 2.37. The molecule has 0 saturated heterocycles. The number of amides is 1. The lowest BCUT2D eigenvalue weighted by molar-refractivity contribution is -0.152. The lowest BCUT2D eigenvalue weighted by Gasteiger charge is -2.39. The Morgan fingerprint density at radius 3 is 2.79 bits per heavy atom. The summed E-state index contributed by atoms with van der Waals surface area (Å²) in [4.78, 5) is 25.0. The van der Waals surface area contributed by atoms with E-state index in [0.717, 1.165) is 31.2 Å². The van der Waals surface area contributed by atoms with Gasteiger partial charge in [0.25, 0.3) is 0 Å². The van der Waals surface area contributed by atoms with Gasteiger partial charge in [-0.3, -0.25) is 4.79 Å². The van der Waals surface area contributed by atoms with Gasteiger partial charge < -0.3 is 10.4 Å². The number of fused-ring (bicyclic) bond motifs is 1. The first-order valence-corrected chi connectivity index (χ1v) is 7.62. The van der Waals surface area contributed by atoms with Crippen LogP contribution in [0.4, 0.5) is 0 Å². The van der Waals surface area contributed by atoms with E-state index in [9.17, 15) is 14.7 Å². The van der Waals surface area contributed by atoms with Gasteiger partial charge in [0.15, 0.2) is 0 Å². The number of thiophene rings is 1. The van der Waals surface area contributed by atoms with E-state index >= 15 is 0 Å². The van der Waals surface area contributed by atoms with Gasteiger partial charge >= 0.3 is 5.97 Å². The molecule has 0 aromatic carbocycles. The van der Waals surface area contributed by atoms with Crippen molar-refractivity contribution in [2.24, 2.45) is 0 Å². The number of carbonyl (C=O) groups is 2. The van der Waals surface area contributed by atoms with Crippen molar-refractivity contribution in [1.29, 1.82) is 0 Å². The molecule has 2 aliphatic carbocycles. The number of aryl methyl sites for hydroxylation is 1. The maximum atomic E-state index is 12.4. The summed E-state index contributed by atoms with van der Waals surface area (Å²) in [7, 11) is 0. The van der Waals surface area contributed by atoms with Crippen LogP contribution in [0.15, 0.2) is 11.4 Å². The standard InChI is InChI=1S/C14H17NO3S/c16-12(15-14(13(17)18)6-2-7-14)10-3-1-4-11-9(10)5-8-19-11/h5,8,10H,1-4,6-7H2,(H,15,16)(H,17,18). The Morgan fingerprint density at radius 1 is 1.37 bits per heavy atom. The number of nitrogens with one attached hydrogen (secondary N) is 1. The lowest BCUT2D eigenvalue weighted by atomic mass is 9.76. The third-order valence-electron chi connectivity index (χ3n) is 4.35. The van der Waals surface area contributed by atoms with E-state index in [1.807, 2.05) is 11.4 Å². The van der Waals surface area contributed by atoms with Crippen molar-refractivity contribution in [2.75, 3.05) is 0 Å². The monoisotopic (exact) mass is 279 g/mol. The predicted octanol–water partition coefficient (Wildman–Crippen LogP) is 2.29. The molecule has 0 spiro atoms. The molecular weight excluding hydrogens is 262 g/mol. The normalized spacial score (nSPS) is 24.1. The second-order valence-electron chi connectivity index (χ2n) is 5.47. The van der Waals surface area contributed by atoms with Crippen molar-refractivity contribution < 1.29 is 14.7 Å². The van der Waals surface area contributed by atoms with E-state index in [2.05, 4.69) is 5.32 Å². The summed E-state index contributed by atoms with van der Waals surface area (Å²) >= 11 is 1.69. The van der Waals surface area contributed by atoms with Gasteiger partial charge in [-0.2, -0.15) is 0 Å². The van der Waals surface area contributed by atoms with Crippen LogP contribution in [0.5, 0.6) is 0 Å². The average Bonchev–Trinajstić information content (AvgIpc) is 2.80. The molecular formula is C14H17NO3S. The molecule has 1 atom stereocenters. The van der Waals surface area contributed by atoms with E-state index in [1.54, 1.807) is 11.3 Å². The number of aliphatic carboxylic acids is 1. The Balaban J connectivity index is 1.77. The van der Waals surface area contributed by atoms with Gasteiger partial charge in [-0.1, -0.05) is 0 Å². The minimum Gasteiger partial charge on any atom is -0.480 e. The van der Waals surface area contributed by atoms with E-state index < -0.39 is 11.5 Å². The van der Waals surface area contributed by atoms with E-state index in [-0.39, 0.29) is 11.8 Å². The highest BCUT2D eigenvalue weighted by atomic mass is 32.1. The Hall–Kier alpha value is -1.36. The summed E-state index contributed by atoms with van der Waals surface area (Å²) in [6.45, 7) is 0. The zero-order chi connectivity index (χ0) is 13.5. The summed E-state index contributed by atoms with van der Waals surface area (Å²) in [5.74, 6) is -1.17. The number of carboxylic acids is 1. The van der Waals surface area contributed by atoms with Gasteiger partial charge in [-0.05, 0) is 55.5 Å². The molecule has 2 N–H and O–H groups in total. The molecule has 2 aliphatic rings. The topological polar surface area (TPSA) is 66.4 Å². The van der Waals surface area contributed by atoms with Crippen molar-refractivity contribution in [3.63, 3.8) is 0 Å². The minimum absolute atomic E-state index is 0.110. The highest BCUT2D eigenvalue weighted by molar-refractivity contribution is 7.10. The smallest absolute Gasteiger partial charge is 0.329 e. The molecule has 0 bridgehead atoms. The fourth-order valence-electron chi connectivity index (χ4n) is 3.00. The van der Waals surface area contributed by atoms with Crippen LogP contribution < -0.4 is 5.32 Å². The molecule has 1 aromatic rings. The summed E-state index contributed by atoms with van der Waals surface area (Å²) in [5, 5.41) is 14.1. The number of carbonyl (C=O) groups excluding carboxylic acids is 1. The number of hydrogen-bond acceptors (Lipinski definition) is 3. The van der Waals surface area contributed by atoms with Crippen LogP contribution in [0.1, 0.15) is 48.5 Å². The van der Waals surface area contributed by atoms with E-state index in [1.165, 1.54) is 4.88 Å². The Morgan fingerprint density at radius 2 is 2.16 bits per heavy atom. The Kier molecular flexibility index (Phi) is 3.09. The lowest BCUT2D eigenvalue weighted by Crippen LogP contribution is -2.60. The van der Waals surface area contributed by atoms with Crippen molar-refractivity contribution in [3.05, 3.63) is 21.9 Å². The first-order chi connectivity index (χ1) is 9.12. The molecule has 102 valence electrons. The van der Waals surface area contributed by atoms with Gasteiger partial charge in [-0.25, -0.2) is 4.79 Å². The number of carboxylic acid groups (broad SMARTS) is 1. The van der Waals surface area contributed by atoms with Gasteiger partial charge in [-0.15, -0.1) is 11.3 Å². The molecule has 1 amide bonds. The van der Waals surface area contributed by atoms with Crippen LogP contribution in [0, 0.1) is 0 Å². The third kappa shape index (κ3) is 2.06. The fourth-order valence-corrected chi connectivity index (χ4v) is 3.99. The second-order valence-corrected chi connectivity index (χ2v) is 6.47. The molecule has 0 radical (unpaired) electrons. The quantitative estimate of drug-likeness (QED) is 0.892. The van der Waals surface area contributed by atoms with Crippen molar-refractivity contribution in [2.45, 2.75) is 50.0 Å². The first-order valence-electron chi connectivity index (χ1n) is 6.74. The van der Waals surface area contributed by atoms with Crippen LogP contribution in [-0.2, 0) is 16.0 Å². The molecule has 19 heavy (non-hydrogen) atoms. The highest BCUT2D eigenvalue weighted by Gasteiger charge is 2.46. The summed E-state index contributed by atoms with van der Waals surface area (Å²) in [5.41, 5.74) is 0.110. The Bertz CT molecular complexity index is 519. The molecule has 1 heterocycles. The molecule has 4 nitrogen and oxygen atoms in total. The molecule has 1 aromatic heterocycles. The fraction of sp³-hybridized carbons (Fsp3) is 0.571. The summed E-state index contributed by atoms with van der Waals surface area (Å²) in [6, 6.07) is 2.01. The SMILES string of the molecule is O=C(NC1(C(=O)O)CCC1)C1CCCc2sccc21. The largest absolute Gasteiger partial charge is 0.480 e. The predicted molar refractivity (Wildman–Crippen MR) is 72.4 cm³/mol. The van der Waals surface area contributed by atoms with E-state index in [4.69, 9.17) is 0 Å². The molecule has 3 rings (SSSR count). The Labute approximate surface area is 115 Å². The zero-order valence-electron chi connectivity index (χ0n) is 10.6. The van der Waals surface area contributed by atoms with Crippen LogP contribution in [0.3, 0.4) is 0 Å².